The summed E-state index contributed by atoms with van der Waals surface area (Å²) < 4.78 is 40.5. The van der Waals surface area contributed by atoms with Gasteiger partial charge in [-0.3, -0.25) is 4.79 Å². The van der Waals surface area contributed by atoms with Gasteiger partial charge in [0.1, 0.15) is 11.9 Å². The molecule has 1 heterocycles. The number of rotatable bonds is 4. The fourth-order valence-electron chi connectivity index (χ4n) is 3.41. The second kappa shape index (κ2) is 7.78. The third kappa shape index (κ3) is 4.04. The van der Waals surface area contributed by atoms with Crippen molar-refractivity contribution in [2.75, 3.05) is 11.9 Å². The van der Waals surface area contributed by atoms with Crippen molar-refractivity contribution < 1.29 is 17.6 Å². The summed E-state index contributed by atoms with van der Waals surface area (Å²) >= 11 is 0. The molecule has 0 radical (unpaired) electrons. The largest absolute Gasteiger partial charge is 0.324 e. The van der Waals surface area contributed by atoms with Crippen LogP contribution in [0.2, 0.25) is 0 Å². The Morgan fingerprint density at radius 3 is 2.33 bits per heavy atom. The molecule has 0 aromatic heterocycles. The summed E-state index contributed by atoms with van der Waals surface area (Å²) in [6, 6.07) is 9.62. The Bertz CT molecular complexity index is 922. The number of piperidine rings is 1. The predicted octanol–water partition coefficient (Wildman–Crippen LogP) is 3.62. The van der Waals surface area contributed by atoms with E-state index < -0.39 is 21.9 Å². The first-order chi connectivity index (χ1) is 12.8. The number of carbonyl (C=O) groups is 1. The molecule has 1 fully saturated rings. The van der Waals surface area contributed by atoms with Crippen molar-refractivity contribution in [3.05, 3.63) is 59.4 Å². The minimum absolute atomic E-state index is 0.00401. The first-order valence-corrected chi connectivity index (χ1v) is 10.4. The number of nitrogens with one attached hydrogen (secondary N) is 1. The number of carbonyl (C=O) groups excluding carboxylic acids is 1. The van der Waals surface area contributed by atoms with Crippen molar-refractivity contribution in [2.45, 2.75) is 44.0 Å². The zero-order valence-corrected chi connectivity index (χ0v) is 16.2. The van der Waals surface area contributed by atoms with E-state index in [-0.39, 0.29) is 17.3 Å². The Kier molecular flexibility index (Phi) is 5.62. The van der Waals surface area contributed by atoms with E-state index in [4.69, 9.17) is 0 Å². The molecular weight excluding hydrogens is 367 g/mol. The first kappa shape index (κ1) is 19.5. The summed E-state index contributed by atoms with van der Waals surface area (Å²) in [4.78, 5) is 12.9. The lowest BCUT2D eigenvalue weighted by Crippen LogP contribution is -2.49. The molecule has 27 heavy (non-hydrogen) atoms. The van der Waals surface area contributed by atoms with Gasteiger partial charge in [-0.2, -0.15) is 4.31 Å². The predicted molar refractivity (Wildman–Crippen MR) is 102 cm³/mol. The summed E-state index contributed by atoms with van der Waals surface area (Å²) in [6.07, 6.45) is 1.92. The third-order valence-corrected chi connectivity index (χ3v) is 6.83. The molecule has 0 bridgehead atoms. The van der Waals surface area contributed by atoms with Crippen molar-refractivity contribution in [1.82, 2.24) is 4.31 Å². The van der Waals surface area contributed by atoms with E-state index in [0.29, 0.717) is 18.5 Å². The van der Waals surface area contributed by atoms with Crippen LogP contribution in [0.4, 0.5) is 10.1 Å². The van der Waals surface area contributed by atoms with Gasteiger partial charge in [-0.15, -0.1) is 0 Å². The highest BCUT2D eigenvalue weighted by atomic mass is 32.2. The number of hydrogen-bond donors (Lipinski definition) is 1. The number of para-hydroxylation sites is 1. The maximum Gasteiger partial charge on any atom is 0.243 e. The fourth-order valence-corrected chi connectivity index (χ4v) is 5.07. The number of amides is 1. The number of sulfonamides is 1. The molecule has 5 nitrogen and oxygen atoms in total. The van der Waals surface area contributed by atoms with Gasteiger partial charge in [0.25, 0.3) is 0 Å². The Morgan fingerprint density at radius 2 is 1.70 bits per heavy atom. The molecule has 1 unspecified atom stereocenters. The van der Waals surface area contributed by atoms with Crippen molar-refractivity contribution in [1.29, 1.82) is 0 Å². The average Bonchev–Trinajstić information content (AvgIpc) is 2.65. The molecule has 1 atom stereocenters. The van der Waals surface area contributed by atoms with Crippen LogP contribution in [-0.2, 0) is 14.8 Å². The summed E-state index contributed by atoms with van der Waals surface area (Å²) in [5, 5.41) is 2.91. The van der Waals surface area contributed by atoms with Gasteiger partial charge in [0, 0.05) is 12.2 Å². The second-order valence-electron chi connectivity index (χ2n) is 6.84. The van der Waals surface area contributed by atoms with E-state index in [9.17, 15) is 17.6 Å². The standard InChI is InChI=1S/C20H23FN2O3S/c1-14-6-5-7-15(2)19(14)22-20(24)18-8-3-4-13-23(18)27(25,26)17-11-9-16(21)10-12-17/h5-7,9-12,18H,3-4,8,13H2,1-2H3,(H,22,24). The van der Waals surface area contributed by atoms with Gasteiger partial charge in [0.15, 0.2) is 0 Å². The molecule has 1 N–H and O–H groups in total. The van der Waals surface area contributed by atoms with E-state index in [1.807, 2.05) is 32.0 Å². The number of nitrogens with zero attached hydrogens (tertiary/aromatic N) is 1. The molecule has 7 heteroatoms. The minimum Gasteiger partial charge on any atom is -0.324 e. The zero-order chi connectivity index (χ0) is 19.6. The smallest absolute Gasteiger partial charge is 0.243 e. The van der Waals surface area contributed by atoms with Crippen molar-refractivity contribution in [3.8, 4) is 0 Å². The Labute approximate surface area is 159 Å². The number of benzene rings is 2. The highest BCUT2D eigenvalue weighted by Gasteiger charge is 2.37. The van der Waals surface area contributed by atoms with Crippen molar-refractivity contribution >= 4 is 21.6 Å². The third-order valence-electron chi connectivity index (χ3n) is 4.91. The maximum absolute atomic E-state index is 13.2. The number of anilines is 1. The van der Waals surface area contributed by atoms with Crippen LogP contribution in [-0.4, -0.2) is 31.2 Å². The van der Waals surface area contributed by atoms with Gasteiger partial charge < -0.3 is 5.32 Å². The van der Waals surface area contributed by atoms with Crippen LogP contribution in [0.1, 0.15) is 30.4 Å². The number of halogens is 1. The van der Waals surface area contributed by atoms with Gasteiger partial charge in [-0.1, -0.05) is 24.6 Å². The molecule has 1 amide bonds. The molecule has 1 aliphatic heterocycles. The van der Waals surface area contributed by atoms with Crippen LogP contribution < -0.4 is 5.32 Å². The van der Waals surface area contributed by atoms with E-state index in [0.717, 1.165) is 29.7 Å². The summed E-state index contributed by atoms with van der Waals surface area (Å²) in [7, 11) is -3.88. The maximum atomic E-state index is 13.2. The number of aryl methyl sites for hydroxylation is 2. The molecule has 0 saturated carbocycles. The highest BCUT2D eigenvalue weighted by molar-refractivity contribution is 7.89. The molecule has 3 rings (SSSR count). The minimum atomic E-state index is -3.88. The van der Waals surface area contributed by atoms with Gasteiger partial charge >= 0.3 is 0 Å². The van der Waals surface area contributed by atoms with Gasteiger partial charge in [-0.05, 0) is 62.1 Å². The van der Waals surface area contributed by atoms with E-state index >= 15 is 0 Å². The molecule has 2 aromatic rings. The van der Waals surface area contributed by atoms with Crippen LogP contribution in [0, 0.1) is 19.7 Å². The summed E-state index contributed by atoms with van der Waals surface area (Å²) in [5.41, 5.74) is 2.56. The Balaban J connectivity index is 1.89. The first-order valence-electron chi connectivity index (χ1n) is 8.95. The van der Waals surface area contributed by atoms with Gasteiger partial charge in [0.2, 0.25) is 15.9 Å². The van der Waals surface area contributed by atoms with E-state index in [2.05, 4.69) is 5.32 Å². The SMILES string of the molecule is Cc1cccc(C)c1NC(=O)C1CCCCN1S(=O)(=O)c1ccc(F)cc1. The molecule has 0 aliphatic carbocycles. The lowest BCUT2D eigenvalue weighted by atomic mass is 10.0. The molecule has 1 aliphatic rings. The second-order valence-corrected chi connectivity index (χ2v) is 8.73. The summed E-state index contributed by atoms with van der Waals surface area (Å²) in [5.74, 6) is -0.838. The molecule has 2 aromatic carbocycles. The lowest BCUT2D eigenvalue weighted by molar-refractivity contribution is -0.120. The monoisotopic (exact) mass is 390 g/mol. The van der Waals surface area contributed by atoms with Gasteiger partial charge in [0.05, 0.1) is 4.90 Å². The van der Waals surface area contributed by atoms with Crippen molar-refractivity contribution in [3.63, 3.8) is 0 Å². The molecule has 1 saturated heterocycles. The summed E-state index contributed by atoms with van der Waals surface area (Å²) in [6.45, 7) is 4.07. The van der Waals surface area contributed by atoms with Crippen LogP contribution in [0.25, 0.3) is 0 Å². The molecule has 0 spiro atoms. The van der Waals surface area contributed by atoms with Crippen LogP contribution in [0.3, 0.4) is 0 Å². The molecular formula is C20H23FN2O3S. The van der Waals surface area contributed by atoms with Crippen LogP contribution in [0.5, 0.6) is 0 Å². The number of hydrogen-bond acceptors (Lipinski definition) is 3. The lowest BCUT2D eigenvalue weighted by Gasteiger charge is -2.33. The normalized spacial score (nSPS) is 18.3. The van der Waals surface area contributed by atoms with E-state index in [1.54, 1.807) is 0 Å². The molecule has 144 valence electrons. The van der Waals surface area contributed by atoms with Crippen molar-refractivity contribution in [2.24, 2.45) is 0 Å². The van der Waals surface area contributed by atoms with Gasteiger partial charge in [-0.25, -0.2) is 12.8 Å². The quantitative estimate of drug-likeness (QED) is 0.867. The topological polar surface area (TPSA) is 66.5 Å². The Hall–Kier alpha value is -2.25. The van der Waals surface area contributed by atoms with E-state index in [1.165, 1.54) is 16.4 Å². The van der Waals surface area contributed by atoms with Crippen LogP contribution in [0.15, 0.2) is 47.4 Å². The highest BCUT2D eigenvalue weighted by Crippen LogP contribution is 2.27. The zero-order valence-electron chi connectivity index (χ0n) is 15.4. The Morgan fingerprint density at radius 1 is 1.07 bits per heavy atom. The fraction of sp³-hybridized carbons (Fsp3) is 0.350. The van der Waals surface area contributed by atoms with Crippen LogP contribution >= 0.6 is 0 Å². The average molecular weight is 390 g/mol.